The smallest absolute Gasteiger partial charge is 0.490 e. The lowest BCUT2D eigenvalue weighted by Crippen LogP contribution is -2.21. The Bertz CT molecular complexity index is 1790. The fourth-order valence-corrected chi connectivity index (χ4v) is 4.18. The molecule has 0 fully saturated rings. The molecule has 0 aliphatic rings. The van der Waals surface area contributed by atoms with E-state index < -0.39 is 30.1 Å². The van der Waals surface area contributed by atoms with E-state index in [9.17, 15) is 26.3 Å². The zero-order chi connectivity index (χ0) is 39.4. The second-order valence-corrected chi connectivity index (χ2v) is 10.8. The predicted octanol–water partition coefficient (Wildman–Crippen LogP) is 7.85. The Kier molecular flexibility index (Phi) is 15.0. The van der Waals surface area contributed by atoms with Gasteiger partial charge in [0.2, 0.25) is 0 Å². The van der Waals surface area contributed by atoms with Crippen LogP contribution in [0.3, 0.4) is 0 Å². The van der Waals surface area contributed by atoms with Crippen molar-refractivity contribution in [1.29, 1.82) is 5.41 Å². The Morgan fingerprint density at radius 2 is 1.54 bits per heavy atom. The molecule has 282 valence electrons. The van der Waals surface area contributed by atoms with Crippen LogP contribution >= 0.6 is 0 Å². The van der Waals surface area contributed by atoms with E-state index >= 15 is 4.39 Å². The number of hydrogen-bond acceptors (Lipinski definition) is 7. The van der Waals surface area contributed by atoms with Crippen molar-refractivity contribution >= 4 is 29.1 Å². The van der Waals surface area contributed by atoms with Crippen LogP contribution < -0.4 is 20.1 Å². The molecule has 0 amide bonds. The number of benzene rings is 3. The van der Waals surface area contributed by atoms with Gasteiger partial charge in [-0.1, -0.05) is 25.1 Å². The van der Waals surface area contributed by atoms with Gasteiger partial charge in [0.05, 0.1) is 36.8 Å². The third-order valence-corrected chi connectivity index (χ3v) is 6.52. The summed E-state index contributed by atoms with van der Waals surface area (Å²) in [4.78, 5) is 27.6. The first-order valence-corrected chi connectivity index (χ1v) is 15.3. The fourth-order valence-electron chi connectivity index (χ4n) is 4.18. The van der Waals surface area contributed by atoms with Crippen LogP contribution in [0.4, 0.5) is 42.1 Å². The lowest BCUT2D eigenvalue weighted by molar-refractivity contribution is -0.193. The molecule has 0 saturated carbocycles. The molecule has 6 N–H and O–H groups in total. The summed E-state index contributed by atoms with van der Waals surface area (Å²) in [6, 6.07) is 18.6. The van der Waals surface area contributed by atoms with Crippen molar-refractivity contribution in [2.24, 2.45) is 5.73 Å². The van der Waals surface area contributed by atoms with Crippen LogP contribution in [-0.4, -0.2) is 63.0 Å². The summed E-state index contributed by atoms with van der Waals surface area (Å²) < 4.78 is 91.0. The number of amidine groups is 1. The normalized spacial score (nSPS) is 11.1. The average molecular weight is 744 g/mol. The average Bonchev–Trinajstić information content (AvgIpc) is 3.54. The second kappa shape index (κ2) is 18.4. The van der Waals surface area contributed by atoms with Gasteiger partial charge >= 0.3 is 24.3 Å². The van der Waals surface area contributed by atoms with Crippen molar-refractivity contribution < 1.29 is 60.0 Å². The Hall–Kier alpha value is -5.81. The van der Waals surface area contributed by atoms with Gasteiger partial charge in [-0.05, 0) is 68.7 Å². The van der Waals surface area contributed by atoms with Crippen LogP contribution in [0, 0.1) is 11.2 Å². The predicted molar refractivity (Wildman–Crippen MR) is 177 cm³/mol. The lowest BCUT2D eigenvalue weighted by atomic mass is 10.1. The van der Waals surface area contributed by atoms with E-state index in [-0.39, 0.29) is 29.9 Å². The number of aryl methyl sites for hydroxylation is 1. The SMILES string of the molecule is CCOc1cc(OC(C)C)c(F)c(N(Cc2ncc(-c3cccc(CC)c3)[nH]2)c2ccc(C(=N)N)cc2)c1.O=C(O)C(F)(F)F.O=C(O)C(F)(F)F. The maximum Gasteiger partial charge on any atom is 0.490 e. The number of nitrogens with one attached hydrogen (secondary N) is 2. The summed E-state index contributed by atoms with van der Waals surface area (Å²) in [6.07, 6.45) is -7.65. The molecule has 0 atom stereocenters. The number of H-pyrrole nitrogens is 1. The van der Waals surface area contributed by atoms with Gasteiger partial charge < -0.3 is 35.3 Å². The summed E-state index contributed by atoms with van der Waals surface area (Å²) in [5, 5.41) is 22.0. The maximum atomic E-state index is 15.9. The van der Waals surface area contributed by atoms with Crippen molar-refractivity contribution in [3.05, 3.63) is 89.6 Å². The molecule has 0 spiro atoms. The van der Waals surface area contributed by atoms with Crippen LogP contribution in [0.25, 0.3) is 11.3 Å². The number of anilines is 2. The number of rotatable bonds is 11. The van der Waals surface area contributed by atoms with Gasteiger partial charge in [0.25, 0.3) is 0 Å². The van der Waals surface area contributed by atoms with Crippen LogP contribution in [0.2, 0.25) is 0 Å². The first kappa shape index (κ1) is 42.4. The second-order valence-electron chi connectivity index (χ2n) is 10.8. The number of hydrogen-bond donors (Lipinski definition) is 5. The highest BCUT2D eigenvalue weighted by Gasteiger charge is 2.39. The first-order valence-electron chi connectivity index (χ1n) is 15.3. The monoisotopic (exact) mass is 743 g/mol. The minimum atomic E-state index is -5.08. The topological polar surface area (TPSA) is 175 Å². The summed E-state index contributed by atoms with van der Waals surface area (Å²) in [7, 11) is 0. The minimum absolute atomic E-state index is 0.0368. The number of aromatic nitrogens is 2. The van der Waals surface area contributed by atoms with E-state index in [1.165, 1.54) is 5.56 Å². The summed E-state index contributed by atoms with van der Waals surface area (Å²) in [5.41, 5.74) is 10.4. The van der Waals surface area contributed by atoms with Crippen molar-refractivity contribution in [3.8, 4) is 22.8 Å². The number of halogens is 7. The largest absolute Gasteiger partial charge is 0.494 e. The number of nitrogens with zero attached hydrogens (tertiary/aromatic N) is 2. The third kappa shape index (κ3) is 12.8. The molecule has 18 heteroatoms. The van der Waals surface area contributed by atoms with Gasteiger partial charge in [0.1, 0.15) is 17.4 Å². The third-order valence-electron chi connectivity index (χ3n) is 6.52. The molecule has 4 aromatic rings. The molecule has 0 radical (unpaired) electrons. The molecule has 0 bridgehead atoms. The summed E-state index contributed by atoms with van der Waals surface area (Å²) in [5.74, 6) is -4.78. The van der Waals surface area contributed by atoms with E-state index in [2.05, 4.69) is 29.0 Å². The van der Waals surface area contributed by atoms with Crippen LogP contribution in [-0.2, 0) is 22.6 Å². The highest BCUT2D eigenvalue weighted by atomic mass is 19.4. The number of nitrogens with two attached hydrogens (primary N) is 1. The minimum Gasteiger partial charge on any atom is -0.494 e. The molecule has 52 heavy (non-hydrogen) atoms. The van der Waals surface area contributed by atoms with Gasteiger partial charge in [0, 0.05) is 23.4 Å². The number of carboxylic acid groups (broad SMARTS) is 2. The Morgan fingerprint density at radius 3 is 2.02 bits per heavy atom. The van der Waals surface area contributed by atoms with Crippen LogP contribution in [0.15, 0.2) is 66.9 Å². The van der Waals surface area contributed by atoms with E-state index in [1.807, 2.05) is 32.9 Å². The fraction of sp³-hybridized carbons (Fsp3) is 0.294. The Balaban J connectivity index is 0.000000564. The molecule has 4 rings (SSSR count). The van der Waals surface area contributed by atoms with Gasteiger partial charge in [-0.2, -0.15) is 26.3 Å². The molecule has 1 heterocycles. The highest BCUT2D eigenvalue weighted by Crippen LogP contribution is 2.38. The first-order chi connectivity index (χ1) is 24.2. The van der Waals surface area contributed by atoms with E-state index in [1.54, 1.807) is 47.5 Å². The zero-order valence-corrected chi connectivity index (χ0v) is 28.2. The van der Waals surface area contributed by atoms with Gasteiger partial charge in [-0.25, -0.2) is 19.0 Å². The summed E-state index contributed by atoms with van der Waals surface area (Å²) in [6.45, 7) is 8.38. The van der Waals surface area contributed by atoms with E-state index in [0.29, 0.717) is 29.4 Å². The van der Waals surface area contributed by atoms with Gasteiger partial charge in [-0.3, -0.25) is 5.41 Å². The summed E-state index contributed by atoms with van der Waals surface area (Å²) >= 11 is 0. The molecule has 3 aromatic carbocycles. The number of carboxylic acids is 2. The molecule has 0 aliphatic carbocycles. The molecular weight excluding hydrogens is 707 g/mol. The number of carbonyl (C=O) groups is 2. The van der Waals surface area contributed by atoms with E-state index in [0.717, 1.165) is 17.7 Å². The highest BCUT2D eigenvalue weighted by molar-refractivity contribution is 5.95. The van der Waals surface area contributed by atoms with Crippen LogP contribution in [0.1, 0.15) is 44.6 Å². The van der Waals surface area contributed by atoms with E-state index in [4.69, 9.17) is 40.4 Å². The van der Waals surface area contributed by atoms with Crippen molar-refractivity contribution in [2.45, 2.75) is 59.1 Å². The molecule has 0 aliphatic heterocycles. The van der Waals surface area contributed by atoms with Crippen molar-refractivity contribution in [1.82, 2.24) is 9.97 Å². The van der Waals surface area contributed by atoms with Crippen molar-refractivity contribution in [2.75, 3.05) is 11.5 Å². The molecule has 1 aromatic heterocycles. The van der Waals surface area contributed by atoms with Gasteiger partial charge in [-0.15, -0.1) is 0 Å². The number of aliphatic carboxylic acids is 2. The maximum absolute atomic E-state index is 15.9. The molecular formula is C34H36F7N5O6. The molecule has 0 unspecified atom stereocenters. The zero-order valence-electron chi connectivity index (χ0n) is 28.2. The molecule has 0 saturated heterocycles. The lowest BCUT2D eigenvalue weighted by Gasteiger charge is -2.26. The number of aromatic amines is 1. The van der Waals surface area contributed by atoms with Gasteiger partial charge in [0.15, 0.2) is 11.6 Å². The standard InChI is InChI=1S/C30H34FN5O2.2C2HF3O2/c1-5-20-8-7-9-22(14-20)25-17-34-28(35-25)18-36(23-12-10-21(11-13-23)30(32)33)26-15-24(37-6-2)16-27(29(26)31)38-19(3)4;2*3-2(4,5)1(6)7/h7-17,19H,5-6,18H2,1-4H3,(H3,32,33)(H,34,35);2*(H,6,7). The molecule has 11 nitrogen and oxygen atoms in total. The van der Waals surface area contributed by atoms with Crippen molar-refractivity contribution in [3.63, 3.8) is 0 Å². The number of nitrogen functional groups attached to an aromatic ring is 1. The Labute approximate surface area is 293 Å². The number of imidazole rings is 1. The Morgan fingerprint density at radius 1 is 0.962 bits per heavy atom. The number of alkyl halides is 6. The number of ether oxygens (including phenoxy) is 2. The quantitative estimate of drug-likeness (QED) is 0.0582. The van der Waals surface area contributed by atoms with Crippen LogP contribution in [0.5, 0.6) is 11.5 Å².